The fourth-order valence-corrected chi connectivity index (χ4v) is 2.56. The summed E-state index contributed by atoms with van der Waals surface area (Å²) in [5.74, 6) is -0.108. The normalized spacial score (nSPS) is 12.5. The van der Waals surface area contributed by atoms with Crippen LogP contribution in [0.4, 0.5) is 4.39 Å². The SMILES string of the molecule is CNC(c1cc(C)c(F)c(C)c1)c1ccccc1C. The minimum absolute atomic E-state index is 0.0965. The molecule has 0 amide bonds. The fourth-order valence-electron chi connectivity index (χ4n) is 2.56. The van der Waals surface area contributed by atoms with Crippen LogP contribution in [0.2, 0.25) is 0 Å². The number of hydrogen-bond acceptors (Lipinski definition) is 1. The zero-order chi connectivity index (χ0) is 14.0. The Kier molecular flexibility index (Phi) is 4.01. The number of halogens is 1. The quantitative estimate of drug-likeness (QED) is 0.874. The molecule has 0 aliphatic heterocycles. The zero-order valence-corrected chi connectivity index (χ0v) is 11.9. The van der Waals surface area contributed by atoms with Crippen molar-refractivity contribution in [3.8, 4) is 0 Å². The summed E-state index contributed by atoms with van der Waals surface area (Å²) in [7, 11) is 1.94. The minimum atomic E-state index is -0.108. The monoisotopic (exact) mass is 257 g/mol. The Morgan fingerprint density at radius 2 is 1.53 bits per heavy atom. The number of aryl methyl sites for hydroxylation is 3. The molecule has 0 aliphatic carbocycles. The zero-order valence-electron chi connectivity index (χ0n) is 11.9. The van der Waals surface area contributed by atoms with Crippen molar-refractivity contribution in [2.24, 2.45) is 0 Å². The Hall–Kier alpha value is -1.67. The van der Waals surface area contributed by atoms with Crippen LogP contribution in [0.1, 0.15) is 33.9 Å². The van der Waals surface area contributed by atoms with Crippen LogP contribution in [-0.4, -0.2) is 7.05 Å². The summed E-state index contributed by atoms with van der Waals surface area (Å²) in [6.45, 7) is 5.73. The van der Waals surface area contributed by atoms with Crippen LogP contribution in [0.25, 0.3) is 0 Å². The number of nitrogens with one attached hydrogen (secondary N) is 1. The highest BCUT2D eigenvalue weighted by Gasteiger charge is 2.16. The van der Waals surface area contributed by atoms with E-state index in [4.69, 9.17) is 0 Å². The molecule has 0 spiro atoms. The summed E-state index contributed by atoms with van der Waals surface area (Å²) in [4.78, 5) is 0. The summed E-state index contributed by atoms with van der Waals surface area (Å²) in [6, 6.07) is 12.2. The van der Waals surface area contributed by atoms with Crippen LogP contribution < -0.4 is 5.32 Å². The van der Waals surface area contributed by atoms with Crippen molar-refractivity contribution < 1.29 is 4.39 Å². The number of rotatable bonds is 3. The Labute approximate surface area is 114 Å². The highest BCUT2D eigenvalue weighted by Crippen LogP contribution is 2.27. The lowest BCUT2D eigenvalue weighted by atomic mass is 9.93. The molecule has 0 bridgehead atoms. The molecule has 1 unspecified atom stereocenters. The molecule has 0 radical (unpaired) electrons. The van der Waals surface area contributed by atoms with E-state index in [0.29, 0.717) is 11.1 Å². The van der Waals surface area contributed by atoms with E-state index < -0.39 is 0 Å². The van der Waals surface area contributed by atoms with E-state index in [1.54, 1.807) is 0 Å². The molecule has 0 saturated carbocycles. The first kappa shape index (κ1) is 13.8. The summed E-state index contributed by atoms with van der Waals surface area (Å²) in [5, 5.41) is 3.33. The van der Waals surface area contributed by atoms with Crippen LogP contribution in [0.15, 0.2) is 36.4 Å². The van der Waals surface area contributed by atoms with E-state index in [1.807, 2.05) is 45.2 Å². The van der Waals surface area contributed by atoms with Gasteiger partial charge in [-0.3, -0.25) is 0 Å². The summed E-state index contributed by atoms with van der Waals surface area (Å²) in [5.41, 5.74) is 4.97. The maximum Gasteiger partial charge on any atom is 0.129 e. The Bertz CT molecular complexity index is 567. The first-order chi connectivity index (χ1) is 9.04. The van der Waals surface area contributed by atoms with Gasteiger partial charge in [0.2, 0.25) is 0 Å². The van der Waals surface area contributed by atoms with E-state index in [9.17, 15) is 4.39 Å². The van der Waals surface area contributed by atoms with Gasteiger partial charge in [-0.05, 0) is 55.6 Å². The Morgan fingerprint density at radius 3 is 2.05 bits per heavy atom. The first-order valence-corrected chi connectivity index (χ1v) is 6.54. The van der Waals surface area contributed by atoms with Gasteiger partial charge in [-0.1, -0.05) is 36.4 Å². The van der Waals surface area contributed by atoms with Gasteiger partial charge in [0.05, 0.1) is 6.04 Å². The number of benzene rings is 2. The van der Waals surface area contributed by atoms with Crippen LogP contribution in [0.3, 0.4) is 0 Å². The average Bonchev–Trinajstić information content (AvgIpc) is 2.39. The molecule has 100 valence electrons. The lowest BCUT2D eigenvalue weighted by Gasteiger charge is -2.20. The standard InChI is InChI=1S/C17H20FN/c1-11-7-5-6-8-15(11)17(19-4)14-9-12(2)16(18)13(3)10-14/h5-10,17,19H,1-4H3. The maximum absolute atomic E-state index is 13.7. The lowest BCUT2D eigenvalue weighted by Crippen LogP contribution is -2.19. The van der Waals surface area contributed by atoms with Gasteiger partial charge >= 0.3 is 0 Å². The van der Waals surface area contributed by atoms with Gasteiger partial charge in [0.25, 0.3) is 0 Å². The molecule has 2 rings (SSSR count). The third-order valence-electron chi connectivity index (χ3n) is 3.58. The van der Waals surface area contributed by atoms with E-state index >= 15 is 0 Å². The largest absolute Gasteiger partial charge is 0.309 e. The molecule has 0 heterocycles. The van der Waals surface area contributed by atoms with E-state index in [1.165, 1.54) is 11.1 Å². The highest BCUT2D eigenvalue weighted by atomic mass is 19.1. The minimum Gasteiger partial charge on any atom is -0.309 e. The average molecular weight is 257 g/mol. The highest BCUT2D eigenvalue weighted by molar-refractivity contribution is 5.40. The smallest absolute Gasteiger partial charge is 0.129 e. The maximum atomic E-state index is 13.7. The van der Waals surface area contributed by atoms with Crippen molar-refractivity contribution in [1.82, 2.24) is 5.32 Å². The molecular formula is C17H20FN. The van der Waals surface area contributed by atoms with Gasteiger partial charge in [-0.2, -0.15) is 0 Å². The van der Waals surface area contributed by atoms with Crippen LogP contribution in [0, 0.1) is 26.6 Å². The summed E-state index contributed by atoms with van der Waals surface area (Å²) < 4.78 is 13.7. The second-order valence-corrected chi connectivity index (χ2v) is 5.05. The van der Waals surface area contributed by atoms with Crippen molar-refractivity contribution in [2.45, 2.75) is 26.8 Å². The van der Waals surface area contributed by atoms with Gasteiger partial charge < -0.3 is 5.32 Å². The van der Waals surface area contributed by atoms with Crippen molar-refractivity contribution in [2.75, 3.05) is 7.05 Å². The van der Waals surface area contributed by atoms with E-state index in [-0.39, 0.29) is 11.9 Å². The molecule has 1 N–H and O–H groups in total. The molecule has 1 atom stereocenters. The Morgan fingerprint density at radius 1 is 0.947 bits per heavy atom. The number of hydrogen-bond donors (Lipinski definition) is 1. The van der Waals surface area contributed by atoms with Crippen molar-refractivity contribution in [1.29, 1.82) is 0 Å². The second kappa shape index (κ2) is 5.54. The van der Waals surface area contributed by atoms with Gasteiger partial charge in [0, 0.05) is 0 Å². The molecule has 2 aromatic rings. The molecular weight excluding hydrogens is 237 g/mol. The van der Waals surface area contributed by atoms with Crippen LogP contribution in [0.5, 0.6) is 0 Å². The van der Waals surface area contributed by atoms with Crippen molar-refractivity contribution >= 4 is 0 Å². The third kappa shape index (κ3) is 2.69. The predicted molar refractivity (Wildman–Crippen MR) is 78.0 cm³/mol. The lowest BCUT2D eigenvalue weighted by molar-refractivity contribution is 0.604. The van der Waals surface area contributed by atoms with E-state index in [2.05, 4.69) is 24.4 Å². The Balaban J connectivity index is 2.52. The van der Waals surface area contributed by atoms with Gasteiger partial charge in [-0.25, -0.2) is 4.39 Å². The molecule has 0 aromatic heterocycles. The van der Waals surface area contributed by atoms with Gasteiger partial charge in [0.1, 0.15) is 5.82 Å². The van der Waals surface area contributed by atoms with Crippen LogP contribution >= 0.6 is 0 Å². The van der Waals surface area contributed by atoms with Gasteiger partial charge in [-0.15, -0.1) is 0 Å². The molecule has 0 saturated heterocycles. The molecule has 19 heavy (non-hydrogen) atoms. The summed E-state index contributed by atoms with van der Waals surface area (Å²) in [6.07, 6.45) is 0. The summed E-state index contributed by atoms with van der Waals surface area (Å²) >= 11 is 0. The predicted octanol–water partition coefficient (Wildman–Crippen LogP) is 4.06. The topological polar surface area (TPSA) is 12.0 Å². The van der Waals surface area contributed by atoms with Crippen LogP contribution in [-0.2, 0) is 0 Å². The molecule has 0 aliphatic rings. The molecule has 2 heteroatoms. The first-order valence-electron chi connectivity index (χ1n) is 6.54. The second-order valence-electron chi connectivity index (χ2n) is 5.05. The van der Waals surface area contributed by atoms with Gasteiger partial charge in [0.15, 0.2) is 0 Å². The van der Waals surface area contributed by atoms with Crippen molar-refractivity contribution in [3.63, 3.8) is 0 Å². The molecule has 2 aromatic carbocycles. The molecule has 1 nitrogen and oxygen atoms in total. The third-order valence-corrected chi connectivity index (χ3v) is 3.58. The fraction of sp³-hybridized carbons (Fsp3) is 0.294. The molecule has 0 fully saturated rings. The van der Waals surface area contributed by atoms with E-state index in [0.717, 1.165) is 5.56 Å². The van der Waals surface area contributed by atoms with Crippen molar-refractivity contribution in [3.05, 3.63) is 70.0 Å².